The topological polar surface area (TPSA) is 91.7 Å². The molecule has 0 fully saturated rings. The highest BCUT2D eigenvalue weighted by Gasteiger charge is 2.56. The number of carboxylic acid groups (broad SMARTS) is 1. The number of rotatable bonds is 5. The second-order valence-electron chi connectivity index (χ2n) is 3.24. The van der Waals surface area contributed by atoms with Crippen LogP contribution in [0.1, 0.15) is 12.8 Å². The first kappa shape index (κ1) is 17.8. The zero-order chi connectivity index (χ0) is 15.4. The molecule has 0 aliphatic carbocycles. The molecule has 0 saturated heterocycles. The number of aliphatic hydroxyl groups excluding tert-OH is 1. The van der Waals surface area contributed by atoms with Crippen LogP contribution in [0.4, 0.5) is 22.0 Å². The molecular formula is C8H7F5O5S. The molecule has 0 amide bonds. The summed E-state index contributed by atoms with van der Waals surface area (Å²) in [5.74, 6) is -7.05. The molecule has 0 radical (unpaired) electrons. The molecule has 19 heavy (non-hydrogen) atoms. The monoisotopic (exact) mass is 310 g/mol. The molecule has 110 valence electrons. The predicted molar refractivity (Wildman–Crippen MR) is 51.5 cm³/mol. The fourth-order valence-electron chi connectivity index (χ4n) is 0.721. The summed E-state index contributed by atoms with van der Waals surface area (Å²) in [5, 5.41) is 13.9. The summed E-state index contributed by atoms with van der Waals surface area (Å²) in [4.78, 5) is 31.8. The maximum Gasteiger partial charge on any atom is 0.453 e. The van der Waals surface area contributed by atoms with Gasteiger partial charge in [-0.25, -0.2) is 4.79 Å². The van der Waals surface area contributed by atoms with Crippen molar-refractivity contribution in [2.45, 2.75) is 31.0 Å². The molecule has 0 spiro atoms. The molecule has 0 aliphatic heterocycles. The Bertz CT molecular complexity index is 380. The number of halogens is 5. The quantitative estimate of drug-likeness (QED) is 0.585. The average Bonchev–Trinajstić information content (AvgIpc) is 2.23. The van der Waals surface area contributed by atoms with Crippen molar-refractivity contribution < 1.29 is 46.5 Å². The first-order valence-electron chi connectivity index (χ1n) is 4.48. The summed E-state index contributed by atoms with van der Waals surface area (Å²) in [6.07, 6.45) is -11.5. The molecule has 0 saturated carbocycles. The van der Waals surface area contributed by atoms with E-state index in [1.54, 1.807) is 0 Å². The van der Waals surface area contributed by atoms with Crippen molar-refractivity contribution in [3.05, 3.63) is 0 Å². The molecule has 1 atom stereocenters. The second kappa shape index (κ2) is 6.28. The number of carbonyl (C=O) groups is 3. The Morgan fingerprint density at radius 2 is 1.58 bits per heavy atom. The van der Waals surface area contributed by atoms with Crippen LogP contribution in [0.15, 0.2) is 0 Å². The van der Waals surface area contributed by atoms with Gasteiger partial charge in [0.2, 0.25) is 11.2 Å². The molecule has 5 nitrogen and oxygen atoms in total. The van der Waals surface area contributed by atoms with Crippen LogP contribution in [-0.2, 0) is 14.4 Å². The van der Waals surface area contributed by atoms with Crippen LogP contribution in [-0.4, -0.2) is 44.6 Å². The average molecular weight is 310 g/mol. The predicted octanol–water partition coefficient (Wildman–Crippen LogP) is 1.20. The molecular weight excluding hydrogens is 303 g/mol. The van der Waals surface area contributed by atoms with E-state index in [9.17, 15) is 36.3 Å². The van der Waals surface area contributed by atoms with Gasteiger partial charge in [0.25, 0.3) is 0 Å². The van der Waals surface area contributed by atoms with Crippen LogP contribution in [0, 0.1) is 0 Å². The van der Waals surface area contributed by atoms with Crippen LogP contribution in [0.2, 0.25) is 0 Å². The first-order valence-corrected chi connectivity index (χ1v) is 5.30. The van der Waals surface area contributed by atoms with Crippen molar-refractivity contribution in [2.24, 2.45) is 0 Å². The van der Waals surface area contributed by atoms with Crippen LogP contribution in [0.3, 0.4) is 0 Å². The van der Waals surface area contributed by atoms with E-state index in [4.69, 9.17) is 10.2 Å². The number of carboxylic acids is 1. The lowest BCUT2D eigenvalue weighted by Crippen LogP contribution is -2.36. The summed E-state index contributed by atoms with van der Waals surface area (Å²) in [6, 6.07) is 0. The van der Waals surface area contributed by atoms with E-state index in [1.807, 2.05) is 0 Å². The standard InChI is InChI=1S/C8H7F5O5S/c9-7(10,8(11,12)13)2-1-3(14)19-6(18)4(15)5(16)17/h4,15H,1-2H2,(H,16,17). The minimum absolute atomic E-state index is 0.422. The van der Waals surface area contributed by atoms with Crippen LogP contribution in [0.25, 0.3) is 0 Å². The van der Waals surface area contributed by atoms with Crippen molar-refractivity contribution in [1.82, 2.24) is 0 Å². The van der Waals surface area contributed by atoms with Gasteiger partial charge >= 0.3 is 18.1 Å². The summed E-state index contributed by atoms with van der Waals surface area (Å²) < 4.78 is 60.0. The van der Waals surface area contributed by atoms with Crippen LogP contribution >= 0.6 is 11.8 Å². The third-order valence-corrected chi connectivity index (χ3v) is 2.59. The van der Waals surface area contributed by atoms with Crippen molar-refractivity contribution in [3.63, 3.8) is 0 Å². The maximum atomic E-state index is 12.4. The lowest BCUT2D eigenvalue weighted by Gasteiger charge is -2.18. The van der Waals surface area contributed by atoms with E-state index in [1.165, 1.54) is 0 Å². The molecule has 0 aromatic heterocycles. The molecule has 0 heterocycles. The van der Waals surface area contributed by atoms with E-state index >= 15 is 0 Å². The van der Waals surface area contributed by atoms with Gasteiger partial charge in [0.15, 0.2) is 5.12 Å². The van der Waals surface area contributed by atoms with Gasteiger partial charge in [-0.05, 0) is 11.8 Å². The Labute approximate surface area is 106 Å². The number of hydrogen-bond donors (Lipinski definition) is 2. The molecule has 2 N–H and O–H groups in total. The van der Waals surface area contributed by atoms with Crippen molar-refractivity contribution in [1.29, 1.82) is 0 Å². The third kappa shape index (κ3) is 5.51. The summed E-state index contributed by atoms with van der Waals surface area (Å²) in [7, 11) is 0. The maximum absolute atomic E-state index is 12.4. The Hall–Kier alpha value is -1.23. The minimum Gasteiger partial charge on any atom is -0.479 e. The fraction of sp³-hybridized carbons (Fsp3) is 0.625. The van der Waals surface area contributed by atoms with Gasteiger partial charge in [-0.1, -0.05) is 0 Å². The highest BCUT2D eigenvalue weighted by molar-refractivity contribution is 8.26. The zero-order valence-corrected chi connectivity index (χ0v) is 9.73. The summed E-state index contributed by atoms with van der Waals surface area (Å²) in [5.41, 5.74) is 0. The molecule has 0 aromatic rings. The van der Waals surface area contributed by atoms with E-state index in [0.717, 1.165) is 0 Å². The van der Waals surface area contributed by atoms with E-state index in [-0.39, 0.29) is 0 Å². The summed E-state index contributed by atoms with van der Waals surface area (Å²) >= 11 is -0.422. The normalized spacial score (nSPS) is 14.0. The molecule has 0 aliphatic rings. The van der Waals surface area contributed by atoms with E-state index < -0.39 is 59.0 Å². The van der Waals surface area contributed by atoms with Gasteiger partial charge in [-0.2, -0.15) is 22.0 Å². The SMILES string of the molecule is O=C(CCC(F)(F)C(F)(F)F)SC(=O)C(O)C(=O)O. The lowest BCUT2D eigenvalue weighted by molar-refractivity contribution is -0.283. The number of alkyl halides is 5. The highest BCUT2D eigenvalue weighted by atomic mass is 32.2. The molecule has 0 bridgehead atoms. The molecule has 0 rings (SSSR count). The van der Waals surface area contributed by atoms with Gasteiger partial charge in [0, 0.05) is 12.8 Å². The fourth-order valence-corrected chi connectivity index (χ4v) is 1.36. The van der Waals surface area contributed by atoms with Gasteiger partial charge in [0.05, 0.1) is 0 Å². The van der Waals surface area contributed by atoms with Crippen molar-refractivity contribution in [2.75, 3.05) is 0 Å². The van der Waals surface area contributed by atoms with Crippen LogP contribution < -0.4 is 0 Å². The Balaban J connectivity index is 4.36. The third-order valence-electron chi connectivity index (χ3n) is 1.73. The Kier molecular flexibility index (Phi) is 5.87. The number of aliphatic carboxylic acids is 1. The van der Waals surface area contributed by atoms with Gasteiger partial charge in [-0.15, -0.1) is 0 Å². The lowest BCUT2D eigenvalue weighted by atomic mass is 10.2. The number of carbonyl (C=O) groups excluding carboxylic acids is 2. The second-order valence-corrected chi connectivity index (χ2v) is 4.30. The van der Waals surface area contributed by atoms with Crippen molar-refractivity contribution in [3.8, 4) is 0 Å². The van der Waals surface area contributed by atoms with E-state index in [0.29, 0.717) is 0 Å². The molecule has 11 heteroatoms. The number of thioether (sulfide) groups is 1. The van der Waals surface area contributed by atoms with Crippen molar-refractivity contribution >= 4 is 28.0 Å². The zero-order valence-electron chi connectivity index (χ0n) is 8.91. The van der Waals surface area contributed by atoms with Crippen LogP contribution in [0.5, 0.6) is 0 Å². The van der Waals surface area contributed by atoms with Gasteiger partial charge in [-0.3, -0.25) is 9.59 Å². The first-order chi connectivity index (χ1) is 8.38. The smallest absolute Gasteiger partial charge is 0.453 e. The Morgan fingerprint density at radius 3 is 1.95 bits per heavy atom. The number of aliphatic hydroxyl groups is 1. The molecule has 1 unspecified atom stereocenters. The Morgan fingerprint density at radius 1 is 1.11 bits per heavy atom. The highest BCUT2D eigenvalue weighted by Crippen LogP contribution is 2.39. The largest absolute Gasteiger partial charge is 0.479 e. The number of hydrogen-bond acceptors (Lipinski definition) is 5. The van der Waals surface area contributed by atoms with Gasteiger partial charge in [0.1, 0.15) is 0 Å². The van der Waals surface area contributed by atoms with Gasteiger partial charge < -0.3 is 10.2 Å². The minimum atomic E-state index is -5.82. The van der Waals surface area contributed by atoms with E-state index in [2.05, 4.69) is 0 Å². The molecule has 0 aromatic carbocycles. The summed E-state index contributed by atoms with van der Waals surface area (Å²) in [6.45, 7) is 0.